The van der Waals surface area contributed by atoms with Crippen molar-refractivity contribution in [2.45, 2.75) is 164 Å². The maximum Gasteiger partial charge on any atom is 0.303 e. The molecular weight excluding hydrogens is 864 g/mol. The lowest BCUT2D eigenvalue weighted by Crippen LogP contribution is -2.68. The van der Waals surface area contributed by atoms with Gasteiger partial charge in [0.25, 0.3) is 0 Å². The van der Waals surface area contributed by atoms with Crippen LogP contribution in [0.25, 0.3) is 0 Å². The monoisotopic (exact) mass is 918 g/mol. The van der Waals surface area contributed by atoms with Crippen LogP contribution in [0.5, 0.6) is 0 Å². The topological polar surface area (TPSA) is 384 Å². The van der Waals surface area contributed by atoms with Gasteiger partial charge in [0, 0.05) is 41.5 Å². The first-order valence-electron chi connectivity index (χ1n) is 19.4. The largest absolute Gasteiger partial charge is 0.463 e. The molecule has 0 radical (unpaired) electrons. The Balaban J connectivity index is 1.81. The van der Waals surface area contributed by atoms with Crippen LogP contribution < -0.4 is 0 Å². The molecule has 63 heavy (non-hydrogen) atoms. The molecule has 0 amide bonds. The van der Waals surface area contributed by atoms with Gasteiger partial charge >= 0.3 is 35.8 Å². The Morgan fingerprint density at radius 3 is 0.952 bits per heavy atom. The number of carbonyl (C=O) groups excluding carboxylic acids is 6. The minimum absolute atomic E-state index is 0.777. The van der Waals surface area contributed by atoms with Crippen LogP contribution in [0, 0.1) is 0 Å². The zero-order valence-electron chi connectivity index (χ0n) is 34.7. The fraction of sp³-hybridized carbons (Fsp3) is 0.833. The zero-order valence-corrected chi connectivity index (χ0v) is 34.7. The van der Waals surface area contributed by atoms with Gasteiger partial charge in [-0.15, -0.1) is 0 Å². The molecule has 0 unspecified atom stereocenters. The van der Waals surface area contributed by atoms with Crippen LogP contribution in [0.1, 0.15) is 41.5 Å². The summed E-state index contributed by atoms with van der Waals surface area (Å²) in [5.41, 5.74) is 0. The van der Waals surface area contributed by atoms with E-state index < -0.39 is 185 Å². The van der Waals surface area contributed by atoms with E-state index >= 15 is 0 Å². The van der Waals surface area contributed by atoms with Gasteiger partial charge in [-0.3, -0.25) is 28.8 Å². The number of hydrogen-bond donors (Lipinski definition) is 8. The molecule has 4 heterocycles. The van der Waals surface area contributed by atoms with Gasteiger partial charge in [-0.05, 0) is 0 Å². The normalized spacial score (nSPS) is 40.5. The number of hydrogen-bond acceptors (Lipinski definition) is 27. The molecule has 0 bridgehead atoms. The van der Waals surface area contributed by atoms with Crippen molar-refractivity contribution in [1.29, 1.82) is 0 Å². The van der Waals surface area contributed by atoms with Crippen LogP contribution in [-0.2, 0) is 90.3 Å². The van der Waals surface area contributed by atoms with Crippen molar-refractivity contribution in [1.82, 2.24) is 0 Å². The van der Waals surface area contributed by atoms with Crippen LogP contribution in [0.4, 0.5) is 0 Å². The third-order valence-electron chi connectivity index (χ3n) is 9.84. The number of rotatable bonds is 16. The van der Waals surface area contributed by atoms with Crippen molar-refractivity contribution >= 4 is 35.8 Å². The van der Waals surface area contributed by atoms with Crippen molar-refractivity contribution in [2.24, 2.45) is 0 Å². The van der Waals surface area contributed by atoms with Gasteiger partial charge in [-0.25, -0.2) is 0 Å². The summed E-state index contributed by atoms with van der Waals surface area (Å²) in [6.07, 6.45) is -37.3. The Labute approximate surface area is 357 Å². The van der Waals surface area contributed by atoms with Crippen molar-refractivity contribution < 1.29 is 131 Å². The van der Waals surface area contributed by atoms with Crippen LogP contribution in [0.2, 0.25) is 0 Å². The van der Waals surface area contributed by atoms with E-state index in [9.17, 15) is 69.6 Å². The number of aliphatic hydroxyl groups is 8. The summed E-state index contributed by atoms with van der Waals surface area (Å²) in [4.78, 5) is 74.8. The molecule has 4 saturated heterocycles. The summed E-state index contributed by atoms with van der Waals surface area (Å²) in [5, 5.41) is 82.7. The maximum atomic E-state index is 12.7. The number of carbonyl (C=O) groups is 6. The summed E-state index contributed by atoms with van der Waals surface area (Å²) < 4.78 is 73.6. The molecule has 4 fully saturated rings. The minimum atomic E-state index is -2.06. The predicted octanol–water partition coefficient (Wildman–Crippen LogP) is -6.32. The molecule has 4 aliphatic rings. The minimum Gasteiger partial charge on any atom is -0.463 e. The second-order valence-corrected chi connectivity index (χ2v) is 14.7. The Hall–Kier alpha value is -3.78. The van der Waals surface area contributed by atoms with Crippen LogP contribution in [0.15, 0.2) is 0 Å². The average Bonchev–Trinajstić information content (AvgIpc) is 3.19. The molecule has 360 valence electrons. The molecule has 20 atom stereocenters. The van der Waals surface area contributed by atoms with Crippen LogP contribution >= 0.6 is 0 Å². The molecule has 0 aromatic carbocycles. The van der Waals surface area contributed by atoms with Gasteiger partial charge in [0.1, 0.15) is 86.5 Å². The summed E-state index contributed by atoms with van der Waals surface area (Å²) >= 11 is 0. The molecule has 0 aromatic heterocycles. The van der Waals surface area contributed by atoms with Crippen LogP contribution in [0.3, 0.4) is 0 Å². The number of esters is 6. The Kier molecular flexibility index (Phi) is 18.9. The molecule has 0 aromatic rings. The third-order valence-corrected chi connectivity index (χ3v) is 9.84. The van der Waals surface area contributed by atoms with Gasteiger partial charge in [0.05, 0.1) is 13.2 Å². The van der Waals surface area contributed by atoms with E-state index in [0.29, 0.717) is 0 Å². The first kappa shape index (κ1) is 51.9. The molecule has 4 rings (SSSR count). The van der Waals surface area contributed by atoms with E-state index in [2.05, 4.69) is 0 Å². The van der Waals surface area contributed by atoms with E-state index in [-0.39, 0.29) is 0 Å². The van der Waals surface area contributed by atoms with Gasteiger partial charge in [0.2, 0.25) is 12.6 Å². The van der Waals surface area contributed by atoms with E-state index in [4.69, 9.17) is 61.6 Å². The molecule has 4 aliphatic heterocycles. The van der Waals surface area contributed by atoms with Gasteiger partial charge in [0.15, 0.2) is 37.0 Å². The quantitative estimate of drug-likeness (QED) is 0.0527. The first-order chi connectivity index (χ1) is 29.6. The lowest BCUT2D eigenvalue weighted by atomic mass is 9.95. The average molecular weight is 919 g/mol. The highest BCUT2D eigenvalue weighted by molar-refractivity contribution is 5.68. The summed E-state index contributed by atoms with van der Waals surface area (Å²) in [7, 11) is 0. The summed E-state index contributed by atoms with van der Waals surface area (Å²) in [5.74, 6) is -6.02. The van der Waals surface area contributed by atoms with Crippen molar-refractivity contribution in [2.75, 3.05) is 26.4 Å². The maximum absolute atomic E-state index is 12.7. The van der Waals surface area contributed by atoms with Gasteiger partial charge in [-0.1, -0.05) is 0 Å². The molecule has 27 heteroatoms. The zero-order chi connectivity index (χ0) is 47.0. The lowest BCUT2D eigenvalue weighted by molar-refractivity contribution is -0.401. The van der Waals surface area contributed by atoms with E-state index in [1.807, 2.05) is 0 Å². The Morgan fingerprint density at radius 1 is 0.365 bits per heavy atom. The number of aliphatic hydroxyl groups excluding tert-OH is 8. The highest BCUT2D eigenvalue weighted by atomic mass is 16.8. The first-order valence-corrected chi connectivity index (χ1v) is 19.4. The summed E-state index contributed by atoms with van der Waals surface area (Å²) in [6, 6.07) is 0. The highest BCUT2D eigenvalue weighted by Gasteiger charge is 2.59. The second-order valence-electron chi connectivity index (χ2n) is 14.7. The van der Waals surface area contributed by atoms with Gasteiger partial charge < -0.3 is 102 Å². The van der Waals surface area contributed by atoms with Crippen LogP contribution in [-0.4, -0.2) is 226 Å². The number of ether oxygens (including phenoxy) is 13. The second kappa shape index (κ2) is 22.9. The molecule has 0 saturated carbocycles. The molecule has 0 spiro atoms. The Bertz CT molecular complexity index is 1460. The fourth-order valence-electron chi connectivity index (χ4n) is 7.06. The van der Waals surface area contributed by atoms with Crippen molar-refractivity contribution in [3.8, 4) is 0 Å². The Morgan fingerprint density at radius 2 is 0.667 bits per heavy atom. The fourth-order valence-corrected chi connectivity index (χ4v) is 7.06. The van der Waals surface area contributed by atoms with Gasteiger partial charge in [-0.2, -0.15) is 0 Å². The van der Waals surface area contributed by atoms with E-state index in [0.717, 1.165) is 41.5 Å². The summed E-state index contributed by atoms with van der Waals surface area (Å²) in [6.45, 7) is 2.42. The van der Waals surface area contributed by atoms with E-state index in [1.165, 1.54) is 0 Å². The smallest absolute Gasteiger partial charge is 0.303 e. The molecule has 0 aliphatic carbocycles. The SMILES string of the molecule is CC(=O)OC[C@H]1O[C@H](O[C@H]2O[C@H](COC(C)=O)[C@@H](O[C@H]3O[C@H](CO)[C@@H](O)[C@H](O)[C@H]3O)[C@H](OC(C)=O)[C@H]2OC(C)=O)[C@H](OC(C)=O)[C@@H](OC(C)=O)[C@@H]1O[C@H]1O[C@H](CO)[C@@H](O)[C@H](O)[C@H]1O. The van der Waals surface area contributed by atoms with Crippen molar-refractivity contribution in [3.63, 3.8) is 0 Å². The molecule has 27 nitrogen and oxygen atoms in total. The van der Waals surface area contributed by atoms with E-state index in [1.54, 1.807) is 0 Å². The lowest BCUT2D eigenvalue weighted by Gasteiger charge is -2.50. The third kappa shape index (κ3) is 13.2. The highest BCUT2D eigenvalue weighted by Crippen LogP contribution is 2.38. The van der Waals surface area contributed by atoms with Crippen molar-refractivity contribution in [3.05, 3.63) is 0 Å². The molecular formula is C36H54O27. The standard InChI is InChI=1S/C36H54O27/c1-11(39)51-9-19-27(61-33-25(49)23(47)21(45)17(7-37)57-33)29(53-13(3)41)31(55-15(5)43)35(59-19)63-36-32(56-16(6)44)30(54-14(4)42)28(20(60-36)10-52-12(2)40)62-34-26(50)24(48)22(46)18(8-38)58-34/h17-38,45-50H,7-10H2,1-6H3/t17-,18-,19-,20-,21-,22-,23+,24+,25-,26-,27-,28-,29+,30+,31-,32-,33-,34-,35-,36-/m1/s1. The predicted molar refractivity (Wildman–Crippen MR) is 191 cm³/mol. The molecule has 8 N–H and O–H groups in total.